The van der Waals surface area contributed by atoms with Crippen molar-refractivity contribution in [1.29, 1.82) is 0 Å². The van der Waals surface area contributed by atoms with E-state index < -0.39 is 11.9 Å². The highest BCUT2D eigenvalue weighted by Gasteiger charge is 2.27. The predicted molar refractivity (Wildman–Crippen MR) is 112 cm³/mol. The molecule has 1 atom stereocenters. The maximum absolute atomic E-state index is 13.3. The first-order chi connectivity index (χ1) is 13.9. The molecule has 1 aromatic heterocycles. The Morgan fingerprint density at radius 2 is 1.76 bits per heavy atom. The summed E-state index contributed by atoms with van der Waals surface area (Å²) in [6.45, 7) is 1.86. The van der Waals surface area contributed by atoms with Crippen LogP contribution in [0.2, 0.25) is 5.02 Å². The second-order valence-electron chi connectivity index (χ2n) is 6.63. The number of aromatic nitrogens is 1. The van der Waals surface area contributed by atoms with Crippen LogP contribution in [0.3, 0.4) is 0 Å². The fourth-order valence-corrected chi connectivity index (χ4v) is 3.36. The van der Waals surface area contributed by atoms with Crippen molar-refractivity contribution >= 4 is 23.4 Å². The van der Waals surface area contributed by atoms with E-state index in [0.717, 1.165) is 11.1 Å². The maximum atomic E-state index is 13.3. The van der Waals surface area contributed by atoms with Gasteiger partial charge in [0.25, 0.3) is 0 Å². The van der Waals surface area contributed by atoms with Crippen LogP contribution in [0.5, 0.6) is 5.75 Å². The Bertz CT molecular complexity index is 1050. The Kier molecular flexibility index (Phi) is 6.29. The van der Waals surface area contributed by atoms with E-state index in [1.165, 1.54) is 7.11 Å². The minimum Gasteiger partial charge on any atom is -0.494 e. The lowest BCUT2D eigenvalue weighted by Crippen LogP contribution is -2.19. The van der Waals surface area contributed by atoms with Crippen LogP contribution in [0, 0.1) is 6.92 Å². The van der Waals surface area contributed by atoms with E-state index in [9.17, 15) is 14.7 Å². The Morgan fingerprint density at radius 3 is 2.38 bits per heavy atom. The quantitative estimate of drug-likeness (QED) is 0.545. The number of nitrogens with zero attached hydrogens (tertiary/aromatic N) is 1. The molecule has 3 rings (SSSR count). The molecule has 0 fully saturated rings. The molecule has 0 saturated heterocycles. The third-order valence-electron chi connectivity index (χ3n) is 4.71. The van der Waals surface area contributed by atoms with E-state index in [1.807, 2.05) is 19.1 Å². The largest absolute Gasteiger partial charge is 0.494 e. The molecular formula is C23H20ClNO4. The van der Waals surface area contributed by atoms with Gasteiger partial charge >= 0.3 is 5.97 Å². The molecule has 3 aromatic rings. The number of carboxylic acids is 1. The number of hydrogen-bond donors (Lipinski definition) is 1. The van der Waals surface area contributed by atoms with E-state index in [0.29, 0.717) is 22.0 Å². The number of aryl methyl sites for hydroxylation is 1. The average molecular weight is 410 g/mol. The van der Waals surface area contributed by atoms with Crippen molar-refractivity contribution in [3.05, 3.63) is 82.5 Å². The van der Waals surface area contributed by atoms with Gasteiger partial charge in [-0.15, -0.1) is 0 Å². The SMILES string of the molecule is COc1ccc(C(=O)[C@@H](CC(=O)O)c2ccccc2C)nc1-c1ccc(Cl)cc1. The highest BCUT2D eigenvalue weighted by Crippen LogP contribution is 2.32. The highest BCUT2D eigenvalue weighted by molar-refractivity contribution is 6.30. The number of halogens is 1. The number of carbonyl (C=O) groups excluding carboxylic acids is 1. The summed E-state index contributed by atoms with van der Waals surface area (Å²) in [5, 5.41) is 9.95. The monoisotopic (exact) mass is 409 g/mol. The molecule has 1 N–H and O–H groups in total. The minimum atomic E-state index is -1.04. The van der Waals surface area contributed by atoms with Crippen LogP contribution in [0.4, 0.5) is 0 Å². The number of rotatable bonds is 7. The summed E-state index contributed by atoms with van der Waals surface area (Å²) in [7, 11) is 1.53. The Balaban J connectivity index is 2.06. The number of methoxy groups -OCH3 is 1. The zero-order valence-corrected chi connectivity index (χ0v) is 16.8. The molecule has 0 aliphatic heterocycles. The molecular weight excluding hydrogens is 390 g/mol. The van der Waals surface area contributed by atoms with Crippen molar-refractivity contribution in [1.82, 2.24) is 4.98 Å². The first kappa shape index (κ1) is 20.6. The Morgan fingerprint density at radius 1 is 1.07 bits per heavy atom. The van der Waals surface area contributed by atoms with Gasteiger partial charge in [0.15, 0.2) is 5.78 Å². The second kappa shape index (κ2) is 8.88. The third kappa shape index (κ3) is 4.63. The zero-order chi connectivity index (χ0) is 21.0. The molecule has 6 heteroatoms. The van der Waals surface area contributed by atoms with Crippen molar-refractivity contribution in [3.63, 3.8) is 0 Å². The van der Waals surface area contributed by atoms with Crippen molar-refractivity contribution in [3.8, 4) is 17.0 Å². The molecule has 0 amide bonds. The van der Waals surface area contributed by atoms with Crippen LogP contribution in [-0.2, 0) is 4.79 Å². The number of carbonyl (C=O) groups is 2. The molecule has 148 valence electrons. The van der Waals surface area contributed by atoms with Crippen molar-refractivity contribution in [2.75, 3.05) is 7.11 Å². The molecule has 0 radical (unpaired) electrons. The van der Waals surface area contributed by atoms with Gasteiger partial charge in [0.05, 0.1) is 19.4 Å². The molecule has 0 bridgehead atoms. The van der Waals surface area contributed by atoms with E-state index in [-0.39, 0.29) is 17.9 Å². The van der Waals surface area contributed by atoms with Crippen molar-refractivity contribution < 1.29 is 19.4 Å². The molecule has 2 aromatic carbocycles. The fraction of sp³-hybridized carbons (Fsp3) is 0.174. The first-order valence-electron chi connectivity index (χ1n) is 9.03. The van der Waals surface area contributed by atoms with Crippen LogP contribution in [0.25, 0.3) is 11.3 Å². The molecule has 0 spiro atoms. The standard InChI is InChI=1S/C23H20ClNO4/c1-14-5-3-4-6-17(14)18(13-21(26)27)23(28)19-11-12-20(29-2)22(25-19)15-7-9-16(24)10-8-15/h3-12,18H,13H2,1-2H3,(H,26,27)/t18-/m0/s1. The maximum Gasteiger partial charge on any atom is 0.304 e. The van der Waals surface area contributed by atoms with Crippen LogP contribution in [0.15, 0.2) is 60.7 Å². The van der Waals surface area contributed by atoms with Crippen LogP contribution < -0.4 is 4.74 Å². The van der Waals surface area contributed by atoms with Gasteiger partial charge in [0, 0.05) is 10.6 Å². The number of pyridine rings is 1. The number of ketones is 1. The zero-order valence-electron chi connectivity index (χ0n) is 16.1. The summed E-state index contributed by atoms with van der Waals surface area (Å²) >= 11 is 5.97. The summed E-state index contributed by atoms with van der Waals surface area (Å²) < 4.78 is 5.39. The smallest absolute Gasteiger partial charge is 0.304 e. The molecule has 5 nitrogen and oxygen atoms in total. The summed E-state index contributed by atoms with van der Waals surface area (Å²) in [5.41, 5.74) is 2.97. The van der Waals surface area contributed by atoms with Crippen LogP contribution in [-0.4, -0.2) is 29.0 Å². The predicted octanol–water partition coefficient (Wildman–Crippen LogP) is 5.16. The molecule has 0 unspecified atom stereocenters. The lowest BCUT2D eigenvalue weighted by molar-refractivity contribution is -0.137. The number of carboxylic acid groups (broad SMARTS) is 1. The third-order valence-corrected chi connectivity index (χ3v) is 4.96. The molecule has 29 heavy (non-hydrogen) atoms. The van der Waals surface area contributed by atoms with Gasteiger partial charge in [0.1, 0.15) is 17.1 Å². The molecule has 0 aliphatic rings. The second-order valence-corrected chi connectivity index (χ2v) is 7.06. The summed E-state index contributed by atoms with van der Waals surface area (Å²) in [6.07, 6.45) is -0.312. The van der Waals surface area contributed by atoms with E-state index in [1.54, 1.807) is 48.5 Å². The normalized spacial score (nSPS) is 11.7. The molecule has 0 aliphatic carbocycles. The minimum absolute atomic E-state index is 0.185. The molecule has 1 heterocycles. The van der Waals surface area contributed by atoms with Crippen LogP contribution >= 0.6 is 11.6 Å². The number of ether oxygens (including phenoxy) is 1. The van der Waals surface area contributed by atoms with Gasteiger partial charge in [-0.3, -0.25) is 9.59 Å². The highest BCUT2D eigenvalue weighted by atomic mass is 35.5. The number of benzene rings is 2. The molecule has 0 saturated carbocycles. The Hall–Kier alpha value is -3.18. The van der Waals surface area contributed by atoms with Crippen molar-refractivity contribution in [2.45, 2.75) is 19.3 Å². The number of Topliss-reactive ketones (excluding diaryl/α,β-unsaturated/α-hetero) is 1. The lowest BCUT2D eigenvalue weighted by atomic mass is 9.87. The summed E-state index contributed by atoms with van der Waals surface area (Å²) in [4.78, 5) is 29.2. The van der Waals surface area contributed by atoms with Gasteiger partial charge in [-0.05, 0) is 42.3 Å². The van der Waals surface area contributed by atoms with Gasteiger partial charge in [-0.1, -0.05) is 48.0 Å². The first-order valence-corrected chi connectivity index (χ1v) is 9.41. The van der Waals surface area contributed by atoms with Gasteiger partial charge in [0.2, 0.25) is 0 Å². The van der Waals surface area contributed by atoms with Gasteiger partial charge < -0.3 is 9.84 Å². The summed E-state index contributed by atoms with van der Waals surface area (Å²) in [6, 6.07) is 17.6. The average Bonchev–Trinajstić information content (AvgIpc) is 2.72. The topological polar surface area (TPSA) is 76.5 Å². The number of aliphatic carboxylic acids is 1. The van der Waals surface area contributed by atoms with Gasteiger partial charge in [-0.25, -0.2) is 4.98 Å². The number of hydrogen-bond acceptors (Lipinski definition) is 4. The van der Waals surface area contributed by atoms with E-state index >= 15 is 0 Å². The summed E-state index contributed by atoms with van der Waals surface area (Å²) in [5.74, 6) is -1.71. The van der Waals surface area contributed by atoms with E-state index in [2.05, 4.69) is 4.98 Å². The van der Waals surface area contributed by atoms with Crippen molar-refractivity contribution in [2.24, 2.45) is 0 Å². The lowest BCUT2D eigenvalue weighted by Gasteiger charge is -2.17. The van der Waals surface area contributed by atoms with Crippen LogP contribution in [0.1, 0.15) is 34.0 Å². The van der Waals surface area contributed by atoms with E-state index in [4.69, 9.17) is 16.3 Å². The van der Waals surface area contributed by atoms with Gasteiger partial charge in [-0.2, -0.15) is 0 Å². The Labute approximate surface area is 173 Å². The fourth-order valence-electron chi connectivity index (χ4n) is 3.24.